The van der Waals surface area contributed by atoms with Crippen LogP contribution in [0.1, 0.15) is 33.0 Å². The molecule has 0 amide bonds. The van der Waals surface area contributed by atoms with Gasteiger partial charge in [0.25, 0.3) is 0 Å². The molecule has 1 aromatic heterocycles. The average molecular weight is 622 g/mol. The first kappa shape index (κ1) is 29.9. The Kier molecular flexibility index (Phi) is 9.12. The van der Waals surface area contributed by atoms with Crippen molar-refractivity contribution in [2.45, 2.75) is 18.3 Å². The molecule has 0 saturated heterocycles. The largest absolute Gasteiger partial charge is 0.417 e. The van der Waals surface area contributed by atoms with Crippen LogP contribution >= 0.6 is 46.4 Å². The minimum absolute atomic E-state index is 0.0684. The molecule has 1 N–H and O–H groups in total. The zero-order valence-corrected chi connectivity index (χ0v) is 21.3. The van der Waals surface area contributed by atoms with E-state index in [0.717, 1.165) is 24.5 Å². The second kappa shape index (κ2) is 11.6. The predicted octanol–water partition coefficient (Wildman–Crippen LogP) is 8.46. The number of hydrogen-bond donors (Lipinski definition) is 1. The van der Waals surface area contributed by atoms with E-state index in [9.17, 15) is 35.5 Å². The predicted molar refractivity (Wildman–Crippen MR) is 128 cm³/mol. The summed E-state index contributed by atoms with van der Waals surface area (Å²) in [5.41, 5.74) is -3.89. The molecule has 0 bridgehead atoms. The first-order valence-electron chi connectivity index (χ1n) is 9.99. The van der Waals surface area contributed by atoms with Gasteiger partial charge in [-0.15, -0.1) is 0 Å². The number of anilines is 1. The number of alkyl halides is 6. The van der Waals surface area contributed by atoms with E-state index in [1.54, 1.807) is 0 Å². The van der Waals surface area contributed by atoms with Gasteiger partial charge in [-0.2, -0.15) is 31.3 Å². The highest BCUT2D eigenvalue weighted by atomic mass is 35.5. The Hall–Kier alpha value is -2.67. The molecule has 1 heterocycles. The molecule has 3 aromatic rings. The summed E-state index contributed by atoms with van der Waals surface area (Å²) in [4.78, 5) is 23.2. The SMILES string of the molecule is O=C(CNc1ncnc(Cl)n1)c1ccc(/C(F)=C/C(c2cc(Cl)c(Cl)c(Cl)c2)C(F)(F)F)cc1C(F)(F)F. The van der Waals surface area contributed by atoms with Gasteiger partial charge in [-0.3, -0.25) is 4.79 Å². The third-order valence-corrected chi connectivity index (χ3v) is 6.26. The van der Waals surface area contributed by atoms with Crippen molar-refractivity contribution >= 4 is 64.0 Å². The summed E-state index contributed by atoms with van der Waals surface area (Å²) < 4.78 is 97.4. The number of allylic oxidation sites excluding steroid dienone is 1. The molecular formula is C22H11Cl4F7N4O. The van der Waals surface area contributed by atoms with E-state index in [1.807, 2.05) is 0 Å². The molecule has 0 spiro atoms. The highest BCUT2D eigenvalue weighted by Gasteiger charge is 2.41. The lowest BCUT2D eigenvalue weighted by Gasteiger charge is -2.19. The molecule has 1 atom stereocenters. The summed E-state index contributed by atoms with van der Waals surface area (Å²) in [6.45, 7) is -0.713. The highest BCUT2D eigenvalue weighted by molar-refractivity contribution is 6.48. The summed E-state index contributed by atoms with van der Waals surface area (Å²) >= 11 is 22.9. The van der Waals surface area contributed by atoms with Crippen molar-refractivity contribution in [1.82, 2.24) is 15.0 Å². The summed E-state index contributed by atoms with van der Waals surface area (Å²) in [6, 6.07) is 3.24. The van der Waals surface area contributed by atoms with Crippen molar-refractivity contribution in [3.05, 3.63) is 85.3 Å². The van der Waals surface area contributed by atoms with Gasteiger partial charge in [-0.05, 0) is 41.4 Å². The summed E-state index contributed by atoms with van der Waals surface area (Å²) in [6.07, 6.45) is -9.17. The van der Waals surface area contributed by atoms with Crippen molar-refractivity contribution in [2.24, 2.45) is 0 Å². The van der Waals surface area contributed by atoms with E-state index < -0.39 is 58.7 Å². The molecular weight excluding hydrogens is 611 g/mol. The van der Waals surface area contributed by atoms with Crippen LogP contribution in [0.2, 0.25) is 20.4 Å². The maximum atomic E-state index is 15.0. The number of carbonyl (C=O) groups is 1. The smallest absolute Gasteiger partial charge is 0.347 e. The lowest BCUT2D eigenvalue weighted by molar-refractivity contribution is -0.140. The molecule has 0 aliphatic rings. The Bertz CT molecular complexity index is 1370. The lowest BCUT2D eigenvalue weighted by Crippen LogP contribution is -2.21. The van der Waals surface area contributed by atoms with Gasteiger partial charge in [0.1, 0.15) is 18.1 Å². The molecule has 0 aliphatic heterocycles. The Morgan fingerprint density at radius 1 is 0.974 bits per heavy atom. The number of carbonyl (C=O) groups excluding carboxylic acids is 1. The normalized spacial score (nSPS) is 13.4. The van der Waals surface area contributed by atoms with Crippen molar-refractivity contribution in [1.29, 1.82) is 0 Å². The molecule has 202 valence electrons. The van der Waals surface area contributed by atoms with E-state index in [2.05, 4.69) is 20.3 Å². The molecule has 16 heteroatoms. The number of halogens is 11. The minimum atomic E-state index is -5.15. The Balaban J connectivity index is 1.98. The van der Waals surface area contributed by atoms with Gasteiger partial charge in [0.15, 0.2) is 5.78 Å². The zero-order valence-electron chi connectivity index (χ0n) is 18.2. The summed E-state index contributed by atoms with van der Waals surface area (Å²) in [5, 5.41) is 1.22. The number of Topliss-reactive ketones (excluding diaryl/α,β-unsaturated/α-hetero) is 1. The fourth-order valence-electron chi connectivity index (χ4n) is 3.16. The van der Waals surface area contributed by atoms with Crippen LogP contribution in [-0.2, 0) is 6.18 Å². The number of ketones is 1. The highest BCUT2D eigenvalue weighted by Crippen LogP contribution is 2.42. The average Bonchev–Trinajstić information content (AvgIpc) is 2.82. The number of aromatic nitrogens is 3. The van der Waals surface area contributed by atoms with Gasteiger partial charge in [0, 0.05) is 11.1 Å². The minimum Gasteiger partial charge on any atom is -0.347 e. The van der Waals surface area contributed by atoms with Crippen LogP contribution in [0.4, 0.5) is 36.7 Å². The molecule has 0 fully saturated rings. The number of nitrogens with one attached hydrogen (secondary N) is 1. The van der Waals surface area contributed by atoms with Crippen LogP contribution < -0.4 is 5.32 Å². The first-order chi connectivity index (χ1) is 17.6. The quantitative estimate of drug-likeness (QED) is 0.163. The Morgan fingerprint density at radius 2 is 1.61 bits per heavy atom. The van der Waals surface area contributed by atoms with Crippen molar-refractivity contribution in [3.63, 3.8) is 0 Å². The van der Waals surface area contributed by atoms with E-state index in [4.69, 9.17) is 46.4 Å². The van der Waals surface area contributed by atoms with Gasteiger partial charge >= 0.3 is 12.4 Å². The molecule has 2 aromatic carbocycles. The van der Waals surface area contributed by atoms with Crippen molar-refractivity contribution in [3.8, 4) is 0 Å². The second-order valence-electron chi connectivity index (χ2n) is 7.45. The first-order valence-corrected chi connectivity index (χ1v) is 11.5. The zero-order chi connectivity index (χ0) is 28.4. The fourth-order valence-corrected chi connectivity index (χ4v) is 3.90. The van der Waals surface area contributed by atoms with Crippen LogP contribution in [0.3, 0.4) is 0 Å². The standard InChI is InChI=1S/C22H11Cl4F7N4O/c23-14-4-10(5-15(24)18(14)25)12(21(28,29)30)6-16(27)9-1-2-11(13(3-9)22(31,32)33)17(38)7-34-20-36-8-35-19(26)37-20/h1-6,8,12H,7H2,(H,34,35,36,37)/b16-6-. The fraction of sp³-hybridized carbons (Fsp3) is 0.182. The van der Waals surface area contributed by atoms with Gasteiger partial charge in [0.05, 0.1) is 27.2 Å². The Labute approximate surface area is 229 Å². The number of nitrogens with zero attached hydrogens (tertiary/aromatic N) is 3. The van der Waals surface area contributed by atoms with E-state index >= 15 is 0 Å². The van der Waals surface area contributed by atoms with Gasteiger partial charge in [-0.1, -0.05) is 46.9 Å². The number of benzene rings is 2. The van der Waals surface area contributed by atoms with Crippen LogP contribution in [-0.4, -0.2) is 33.5 Å². The topological polar surface area (TPSA) is 67.8 Å². The molecule has 38 heavy (non-hydrogen) atoms. The molecule has 5 nitrogen and oxygen atoms in total. The summed E-state index contributed by atoms with van der Waals surface area (Å²) in [7, 11) is 0. The number of rotatable bonds is 7. The number of hydrogen-bond acceptors (Lipinski definition) is 5. The lowest BCUT2D eigenvalue weighted by atomic mass is 9.95. The van der Waals surface area contributed by atoms with Gasteiger partial charge in [0.2, 0.25) is 11.2 Å². The maximum absolute atomic E-state index is 15.0. The third-order valence-electron chi connectivity index (χ3n) is 4.88. The van der Waals surface area contributed by atoms with Crippen molar-refractivity contribution in [2.75, 3.05) is 11.9 Å². The van der Waals surface area contributed by atoms with Crippen LogP contribution in [0.15, 0.2) is 42.7 Å². The van der Waals surface area contributed by atoms with Crippen LogP contribution in [0.5, 0.6) is 0 Å². The van der Waals surface area contributed by atoms with E-state index in [1.165, 1.54) is 0 Å². The Morgan fingerprint density at radius 3 is 2.16 bits per heavy atom. The molecule has 0 aliphatic carbocycles. The molecule has 1 unspecified atom stereocenters. The molecule has 3 rings (SSSR count). The third kappa shape index (κ3) is 7.25. The molecule has 0 radical (unpaired) electrons. The summed E-state index contributed by atoms with van der Waals surface area (Å²) in [5.74, 6) is -5.57. The monoisotopic (exact) mass is 620 g/mol. The second-order valence-corrected chi connectivity index (χ2v) is 8.98. The van der Waals surface area contributed by atoms with Gasteiger partial charge in [-0.25, -0.2) is 14.4 Å². The molecule has 0 saturated carbocycles. The van der Waals surface area contributed by atoms with E-state index in [0.29, 0.717) is 6.07 Å². The van der Waals surface area contributed by atoms with Gasteiger partial charge < -0.3 is 5.32 Å². The van der Waals surface area contributed by atoms with Crippen LogP contribution in [0, 0.1) is 0 Å². The maximum Gasteiger partial charge on any atom is 0.417 e. The van der Waals surface area contributed by atoms with Crippen LogP contribution in [0.25, 0.3) is 5.83 Å². The van der Waals surface area contributed by atoms with Crippen molar-refractivity contribution < 1.29 is 35.5 Å². The van der Waals surface area contributed by atoms with E-state index in [-0.39, 0.29) is 38.4 Å².